The third kappa shape index (κ3) is 4.59. The second kappa shape index (κ2) is 6.58. The van der Waals surface area contributed by atoms with Gasteiger partial charge in [-0.05, 0) is 12.1 Å². The summed E-state index contributed by atoms with van der Waals surface area (Å²) in [5.74, 6) is -2.38. The molecule has 0 saturated carbocycles. The van der Waals surface area contributed by atoms with Gasteiger partial charge < -0.3 is 10.5 Å². The summed E-state index contributed by atoms with van der Waals surface area (Å²) < 4.78 is 82.8. The number of ether oxygens (including phenoxy) is 2. The number of nitrogens with zero attached hydrogens (tertiary/aromatic N) is 3. The number of nitrogens with two attached hydrogens (primary N) is 1. The van der Waals surface area contributed by atoms with Gasteiger partial charge in [0.2, 0.25) is 0 Å². The highest BCUT2D eigenvalue weighted by atomic mass is 19.4. The molecule has 0 bridgehead atoms. The molecular formula is C12H8F6N4O3. The summed E-state index contributed by atoms with van der Waals surface area (Å²) in [6.07, 6.45) is -11.6. The van der Waals surface area contributed by atoms with Gasteiger partial charge in [0.15, 0.2) is 11.4 Å². The van der Waals surface area contributed by atoms with E-state index in [1.165, 1.54) is 24.5 Å². The highest BCUT2D eigenvalue weighted by Gasteiger charge is 2.51. The average Bonchev–Trinajstić information content (AvgIpc) is 2.90. The van der Waals surface area contributed by atoms with Crippen LogP contribution in [0, 0.1) is 0 Å². The van der Waals surface area contributed by atoms with E-state index in [1.807, 2.05) is 0 Å². The van der Waals surface area contributed by atoms with Gasteiger partial charge in [0.05, 0.1) is 18.1 Å². The van der Waals surface area contributed by atoms with Gasteiger partial charge in [-0.15, -0.1) is 13.2 Å². The van der Waals surface area contributed by atoms with Gasteiger partial charge in [-0.1, -0.05) is 0 Å². The van der Waals surface area contributed by atoms with Crippen LogP contribution in [0.5, 0.6) is 5.75 Å². The monoisotopic (exact) mass is 370 g/mol. The van der Waals surface area contributed by atoms with Gasteiger partial charge in [-0.3, -0.25) is 9.78 Å². The Bertz CT molecular complexity index is 749. The van der Waals surface area contributed by atoms with Crippen LogP contribution in [-0.2, 0) is 4.74 Å². The Balaban J connectivity index is 2.32. The summed E-state index contributed by atoms with van der Waals surface area (Å²) in [6, 6.07) is 2.86. The first-order valence-electron chi connectivity index (χ1n) is 6.25. The van der Waals surface area contributed by atoms with E-state index in [1.54, 1.807) is 0 Å². The summed E-state index contributed by atoms with van der Waals surface area (Å²) in [5.41, 5.74) is 4.27. The Labute approximate surface area is 134 Å². The van der Waals surface area contributed by atoms with Crippen LogP contribution < -0.4 is 10.5 Å². The maximum absolute atomic E-state index is 13.5. The van der Waals surface area contributed by atoms with Crippen molar-refractivity contribution in [3.63, 3.8) is 0 Å². The third-order valence-corrected chi connectivity index (χ3v) is 2.57. The quantitative estimate of drug-likeness (QED) is 0.787. The Hall–Kier alpha value is -2.83. The number of primary amides is 1. The van der Waals surface area contributed by atoms with Crippen LogP contribution in [0.3, 0.4) is 0 Å². The number of carbonyl (C=O) groups excluding carboxylic acids is 1. The largest absolute Gasteiger partial charge is 0.525 e. The van der Waals surface area contributed by atoms with Crippen molar-refractivity contribution in [2.75, 3.05) is 0 Å². The van der Waals surface area contributed by atoms with Crippen LogP contribution >= 0.6 is 0 Å². The van der Waals surface area contributed by atoms with E-state index in [0.29, 0.717) is 6.20 Å². The van der Waals surface area contributed by atoms with Gasteiger partial charge in [0.25, 0.3) is 5.91 Å². The van der Waals surface area contributed by atoms with Crippen LogP contribution in [-0.4, -0.2) is 39.5 Å². The number of aromatic nitrogens is 3. The summed E-state index contributed by atoms with van der Waals surface area (Å²) in [6.45, 7) is 0. The molecule has 0 spiro atoms. The Kier molecular flexibility index (Phi) is 4.87. The lowest BCUT2D eigenvalue weighted by Gasteiger charge is -2.21. The number of hydrogen-bond donors (Lipinski definition) is 1. The van der Waals surface area contributed by atoms with Crippen LogP contribution in [0.25, 0.3) is 5.69 Å². The number of amides is 1. The molecule has 2 N–H and O–H groups in total. The number of halogens is 6. The fraction of sp³-hybridized carbons (Fsp3) is 0.250. The summed E-state index contributed by atoms with van der Waals surface area (Å²) in [7, 11) is 0. The second-order valence-electron chi connectivity index (χ2n) is 4.41. The van der Waals surface area contributed by atoms with Crippen molar-refractivity contribution in [1.82, 2.24) is 14.8 Å². The zero-order valence-electron chi connectivity index (χ0n) is 11.9. The van der Waals surface area contributed by atoms with E-state index >= 15 is 0 Å². The van der Waals surface area contributed by atoms with Crippen molar-refractivity contribution < 1.29 is 40.6 Å². The lowest BCUT2D eigenvalue weighted by molar-refractivity contribution is -0.411. The van der Waals surface area contributed by atoms with Gasteiger partial charge in [0, 0.05) is 6.20 Å². The summed E-state index contributed by atoms with van der Waals surface area (Å²) in [4.78, 5) is 15.0. The Morgan fingerprint density at radius 2 is 1.96 bits per heavy atom. The lowest BCUT2D eigenvalue weighted by atomic mass is 10.4. The second-order valence-corrected chi connectivity index (χ2v) is 4.41. The molecular weight excluding hydrogens is 362 g/mol. The highest BCUT2D eigenvalue weighted by molar-refractivity contribution is 5.93. The van der Waals surface area contributed by atoms with Crippen LogP contribution in [0.1, 0.15) is 10.5 Å². The normalized spacial score (nSPS) is 13.5. The predicted molar refractivity (Wildman–Crippen MR) is 67.5 cm³/mol. The van der Waals surface area contributed by atoms with E-state index in [4.69, 9.17) is 5.73 Å². The molecule has 2 heterocycles. The topological polar surface area (TPSA) is 92.3 Å². The molecule has 0 aliphatic carbocycles. The fourth-order valence-electron chi connectivity index (χ4n) is 1.60. The van der Waals surface area contributed by atoms with Crippen molar-refractivity contribution >= 4 is 5.91 Å². The number of hydrogen-bond acceptors (Lipinski definition) is 5. The minimum Gasteiger partial charge on any atom is -0.424 e. The maximum atomic E-state index is 13.5. The molecule has 7 nitrogen and oxygen atoms in total. The highest BCUT2D eigenvalue weighted by Crippen LogP contribution is 2.33. The predicted octanol–water partition coefficient (Wildman–Crippen LogP) is 2.17. The molecule has 1 atom stereocenters. The van der Waals surface area contributed by atoms with Gasteiger partial charge in [-0.2, -0.15) is 13.9 Å². The molecule has 0 fully saturated rings. The average molecular weight is 370 g/mol. The van der Waals surface area contributed by atoms with Crippen molar-refractivity contribution in [2.45, 2.75) is 18.8 Å². The van der Waals surface area contributed by atoms with Crippen molar-refractivity contribution in [2.24, 2.45) is 5.73 Å². The molecule has 2 aromatic rings. The van der Waals surface area contributed by atoms with Crippen LogP contribution in [0.15, 0.2) is 30.7 Å². The third-order valence-electron chi connectivity index (χ3n) is 2.57. The molecule has 1 amide bonds. The molecule has 1 unspecified atom stereocenters. The summed E-state index contributed by atoms with van der Waals surface area (Å²) in [5, 5.41) is 3.56. The molecule has 0 aliphatic heterocycles. The van der Waals surface area contributed by atoms with E-state index in [0.717, 1.165) is 4.68 Å². The molecule has 2 rings (SSSR count). The molecule has 0 aliphatic rings. The first-order chi connectivity index (χ1) is 11.5. The van der Waals surface area contributed by atoms with Crippen LogP contribution in [0.2, 0.25) is 0 Å². The SMILES string of the molecule is NC(=O)c1nn(-c2cccnc2)cc1OC(F)(F)C(F)OC(F)(F)F. The molecule has 13 heteroatoms. The first kappa shape index (κ1) is 18.5. The van der Waals surface area contributed by atoms with Gasteiger partial charge >= 0.3 is 18.8 Å². The Morgan fingerprint density at radius 3 is 2.48 bits per heavy atom. The zero-order chi connectivity index (χ0) is 18.8. The number of carbonyl (C=O) groups is 1. The zero-order valence-corrected chi connectivity index (χ0v) is 11.9. The van der Waals surface area contributed by atoms with Crippen molar-refractivity contribution in [3.05, 3.63) is 36.4 Å². The van der Waals surface area contributed by atoms with Crippen molar-refractivity contribution in [3.8, 4) is 11.4 Å². The maximum Gasteiger partial charge on any atom is 0.525 e. The minimum atomic E-state index is -5.67. The molecule has 2 aromatic heterocycles. The van der Waals surface area contributed by atoms with E-state index in [-0.39, 0.29) is 5.69 Å². The smallest absolute Gasteiger partial charge is 0.424 e. The standard InChI is InChI=1S/C12H8F6N4O3/c13-10(25-12(16,17)18)11(14,15)24-7-5-22(21-8(7)9(19)23)6-2-1-3-20-4-6/h1-5,10H,(H2,19,23). The molecule has 0 saturated heterocycles. The van der Waals surface area contributed by atoms with Crippen LogP contribution in [0.4, 0.5) is 26.3 Å². The molecule has 25 heavy (non-hydrogen) atoms. The van der Waals surface area contributed by atoms with Gasteiger partial charge in [0.1, 0.15) is 0 Å². The minimum absolute atomic E-state index is 0.187. The van der Waals surface area contributed by atoms with E-state index in [2.05, 4.69) is 19.6 Å². The van der Waals surface area contributed by atoms with Crippen molar-refractivity contribution in [1.29, 1.82) is 0 Å². The fourth-order valence-corrected chi connectivity index (χ4v) is 1.60. The van der Waals surface area contributed by atoms with Gasteiger partial charge in [-0.25, -0.2) is 13.8 Å². The number of alkyl halides is 6. The Morgan fingerprint density at radius 1 is 1.28 bits per heavy atom. The summed E-state index contributed by atoms with van der Waals surface area (Å²) >= 11 is 0. The van der Waals surface area contributed by atoms with E-state index < -0.39 is 36.2 Å². The molecule has 0 radical (unpaired) electrons. The lowest BCUT2D eigenvalue weighted by Crippen LogP contribution is -2.41. The number of rotatable bonds is 6. The first-order valence-corrected chi connectivity index (χ1v) is 6.25. The molecule has 0 aromatic carbocycles. The van der Waals surface area contributed by atoms with E-state index in [9.17, 15) is 31.1 Å². The number of pyridine rings is 1. The molecule has 136 valence electrons.